The van der Waals surface area contributed by atoms with E-state index in [2.05, 4.69) is 35.4 Å². The van der Waals surface area contributed by atoms with Gasteiger partial charge in [-0.15, -0.1) is 0 Å². The molecule has 1 atom stereocenters. The number of ether oxygens (including phenoxy) is 1. The second-order valence-corrected chi connectivity index (χ2v) is 5.91. The smallest absolute Gasteiger partial charge is 0.119 e. The number of nitrogens with zero attached hydrogens (tertiary/aromatic N) is 1. The lowest BCUT2D eigenvalue weighted by Crippen LogP contribution is -2.11. The molecule has 0 aliphatic rings. The molecule has 0 amide bonds. The molecule has 0 radical (unpaired) electrons. The van der Waals surface area contributed by atoms with Crippen molar-refractivity contribution in [2.45, 2.75) is 51.5 Å². The number of nitrogens with one attached hydrogen (secondary N) is 1. The Morgan fingerprint density at radius 3 is 2.48 bits per heavy atom. The van der Waals surface area contributed by atoms with Gasteiger partial charge in [-0.3, -0.25) is 4.98 Å². The van der Waals surface area contributed by atoms with E-state index in [-0.39, 0.29) is 0 Å². The van der Waals surface area contributed by atoms with Crippen LogP contribution in [0.15, 0.2) is 48.8 Å². The van der Waals surface area contributed by atoms with Crippen molar-refractivity contribution >= 4 is 5.69 Å². The Balaban J connectivity index is 1.97. The molecule has 0 spiro atoms. The predicted molar refractivity (Wildman–Crippen MR) is 97.0 cm³/mol. The van der Waals surface area contributed by atoms with E-state index in [1.807, 2.05) is 30.6 Å². The molecule has 1 heterocycles. The summed E-state index contributed by atoms with van der Waals surface area (Å²) < 4.78 is 5.22. The number of hydrogen-bond acceptors (Lipinski definition) is 3. The molecule has 2 rings (SSSR count). The topological polar surface area (TPSA) is 34.1 Å². The molecule has 2 aromatic rings. The van der Waals surface area contributed by atoms with Gasteiger partial charge in [0.15, 0.2) is 0 Å². The van der Waals surface area contributed by atoms with E-state index in [4.69, 9.17) is 4.74 Å². The maximum atomic E-state index is 5.22. The Morgan fingerprint density at radius 2 is 1.83 bits per heavy atom. The van der Waals surface area contributed by atoms with Gasteiger partial charge in [-0.1, -0.05) is 45.1 Å². The van der Waals surface area contributed by atoms with Crippen LogP contribution < -0.4 is 10.1 Å². The van der Waals surface area contributed by atoms with E-state index in [9.17, 15) is 0 Å². The second kappa shape index (κ2) is 9.88. The monoisotopic (exact) mass is 312 g/mol. The third kappa shape index (κ3) is 5.93. The van der Waals surface area contributed by atoms with Crippen molar-refractivity contribution in [3.05, 3.63) is 54.4 Å². The van der Waals surface area contributed by atoms with Gasteiger partial charge in [0.2, 0.25) is 0 Å². The molecule has 1 aromatic carbocycles. The van der Waals surface area contributed by atoms with Crippen LogP contribution in [0.2, 0.25) is 0 Å². The molecule has 3 nitrogen and oxygen atoms in total. The Kier molecular flexibility index (Phi) is 7.44. The number of rotatable bonds is 10. The van der Waals surface area contributed by atoms with Crippen molar-refractivity contribution < 1.29 is 4.74 Å². The Morgan fingerprint density at radius 1 is 1.04 bits per heavy atom. The molecule has 1 aromatic heterocycles. The minimum Gasteiger partial charge on any atom is -0.497 e. The summed E-state index contributed by atoms with van der Waals surface area (Å²) in [5.74, 6) is 0.882. The Hall–Kier alpha value is -2.03. The summed E-state index contributed by atoms with van der Waals surface area (Å²) in [6.45, 7) is 2.25. The van der Waals surface area contributed by atoms with Crippen molar-refractivity contribution in [2.24, 2.45) is 0 Å². The first kappa shape index (κ1) is 17.3. The third-order valence-electron chi connectivity index (χ3n) is 4.11. The lowest BCUT2D eigenvalue weighted by molar-refractivity contribution is 0.415. The van der Waals surface area contributed by atoms with E-state index < -0.39 is 0 Å². The average molecular weight is 312 g/mol. The van der Waals surface area contributed by atoms with Crippen molar-refractivity contribution in [3.63, 3.8) is 0 Å². The molecule has 1 unspecified atom stereocenters. The molecule has 124 valence electrons. The molecule has 23 heavy (non-hydrogen) atoms. The number of methoxy groups -OCH3 is 1. The quantitative estimate of drug-likeness (QED) is 0.579. The highest BCUT2D eigenvalue weighted by atomic mass is 16.5. The van der Waals surface area contributed by atoms with E-state index >= 15 is 0 Å². The van der Waals surface area contributed by atoms with Crippen LogP contribution in [0.5, 0.6) is 5.75 Å². The predicted octanol–water partition coefficient (Wildman–Crippen LogP) is 5.60. The van der Waals surface area contributed by atoms with Gasteiger partial charge in [0.25, 0.3) is 0 Å². The first-order chi connectivity index (χ1) is 11.3. The number of pyridine rings is 1. The lowest BCUT2D eigenvalue weighted by atomic mass is 10.0. The Bertz CT molecular complexity index is 539. The lowest BCUT2D eigenvalue weighted by Gasteiger charge is -2.20. The van der Waals surface area contributed by atoms with Crippen LogP contribution in [0.3, 0.4) is 0 Å². The molecular formula is C20H28N2O. The van der Waals surface area contributed by atoms with Crippen LogP contribution in [0.4, 0.5) is 5.69 Å². The zero-order valence-electron chi connectivity index (χ0n) is 14.3. The number of anilines is 1. The molecule has 0 saturated heterocycles. The number of unbranched alkanes of at least 4 members (excludes halogenated alkanes) is 4. The minimum absolute atomic E-state index is 0.304. The van der Waals surface area contributed by atoms with Gasteiger partial charge in [-0.05, 0) is 42.3 Å². The highest BCUT2D eigenvalue weighted by Crippen LogP contribution is 2.26. The van der Waals surface area contributed by atoms with Gasteiger partial charge in [-0.25, -0.2) is 0 Å². The third-order valence-corrected chi connectivity index (χ3v) is 4.11. The van der Waals surface area contributed by atoms with Gasteiger partial charge in [0, 0.05) is 18.1 Å². The zero-order valence-corrected chi connectivity index (χ0v) is 14.3. The SMILES string of the molecule is CCCCCCCC(Nc1ccc(OC)cc1)c1cccnc1. The highest BCUT2D eigenvalue weighted by Gasteiger charge is 2.11. The van der Waals surface area contributed by atoms with Crippen LogP contribution in [0.25, 0.3) is 0 Å². The van der Waals surface area contributed by atoms with Gasteiger partial charge < -0.3 is 10.1 Å². The first-order valence-corrected chi connectivity index (χ1v) is 8.64. The van der Waals surface area contributed by atoms with Crippen molar-refractivity contribution in [1.82, 2.24) is 4.98 Å². The van der Waals surface area contributed by atoms with Crippen LogP contribution >= 0.6 is 0 Å². The molecule has 0 bridgehead atoms. The van der Waals surface area contributed by atoms with Gasteiger partial charge in [-0.2, -0.15) is 0 Å². The summed E-state index contributed by atoms with van der Waals surface area (Å²) >= 11 is 0. The summed E-state index contributed by atoms with van der Waals surface area (Å²) in [5.41, 5.74) is 2.37. The summed E-state index contributed by atoms with van der Waals surface area (Å²) in [6, 6.07) is 12.6. The van der Waals surface area contributed by atoms with E-state index in [0.29, 0.717) is 6.04 Å². The van der Waals surface area contributed by atoms with Crippen LogP contribution in [-0.2, 0) is 0 Å². The molecule has 3 heteroatoms. The molecule has 0 saturated carbocycles. The van der Waals surface area contributed by atoms with Crippen molar-refractivity contribution in [2.75, 3.05) is 12.4 Å². The van der Waals surface area contributed by atoms with E-state index in [1.165, 1.54) is 37.7 Å². The van der Waals surface area contributed by atoms with E-state index in [1.54, 1.807) is 7.11 Å². The fraction of sp³-hybridized carbons (Fsp3) is 0.450. The van der Waals surface area contributed by atoms with E-state index in [0.717, 1.165) is 17.9 Å². The summed E-state index contributed by atoms with van der Waals surface area (Å²) in [5, 5.41) is 3.64. The fourth-order valence-electron chi connectivity index (χ4n) is 2.74. The molecule has 0 fully saturated rings. The van der Waals surface area contributed by atoms with Gasteiger partial charge in [0.05, 0.1) is 13.2 Å². The summed E-state index contributed by atoms with van der Waals surface area (Å²) in [6.07, 6.45) is 11.4. The number of benzene rings is 1. The summed E-state index contributed by atoms with van der Waals surface area (Å²) in [7, 11) is 1.69. The second-order valence-electron chi connectivity index (χ2n) is 5.91. The maximum Gasteiger partial charge on any atom is 0.119 e. The molecule has 0 aliphatic heterocycles. The highest BCUT2D eigenvalue weighted by molar-refractivity contribution is 5.48. The van der Waals surface area contributed by atoms with Crippen LogP contribution in [0.1, 0.15) is 57.1 Å². The average Bonchev–Trinajstić information content (AvgIpc) is 2.62. The summed E-state index contributed by atoms with van der Waals surface area (Å²) in [4.78, 5) is 4.27. The Labute approximate surface area is 140 Å². The van der Waals surface area contributed by atoms with Gasteiger partial charge >= 0.3 is 0 Å². The maximum absolute atomic E-state index is 5.22. The van der Waals surface area contributed by atoms with Crippen LogP contribution in [0, 0.1) is 0 Å². The normalized spacial score (nSPS) is 11.9. The van der Waals surface area contributed by atoms with Gasteiger partial charge in [0.1, 0.15) is 5.75 Å². The van der Waals surface area contributed by atoms with Crippen molar-refractivity contribution in [1.29, 1.82) is 0 Å². The minimum atomic E-state index is 0.304. The zero-order chi connectivity index (χ0) is 16.3. The molecule has 1 N–H and O–H groups in total. The number of hydrogen-bond donors (Lipinski definition) is 1. The van der Waals surface area contributed by atoms with Crippen molar-refractivity contribution in [3.8, 4) is 5.75 Å². The van der Waals surface area contributed by atoms with Crippen LogP contribution in [-0.4, -0.2) is 12.1 Å². The largest absolute Gasteiger partial charge is 0.497 e. The first-order valence-electron chi connectivity index (χ1n) is 8.64. The fourth-order valence-corrected chi connectivity index (χ4v) is 2.74. The molecular weight excluding hydrogens is 284 g/mol. The molecule has 0 aliphatic carbocycles. The standard InChI is InChI=1S/C20H28N2O/c1-3-4-5-6-7-10-20(17-9-8-15-21-16-17)22-18-11-13-19(23-2)14-12-18/h8-9,11-16,20,22H,3-7,10H2,1-2H3. The number of aromatic nitrogens is 1.